The van der Waals surface area contributed by atoms with E-state index < -0.39 is 5.60 Å². The predicted octanol–water partition coefficient (Wildman–Crippen LogP) is 1.36. The van der Waals surface area contributed by atoms with Crippen LogP contribution in [0.4, 0.5) is 0 Å². The number of aryl methyl sites for hydroxylation is 1. The monoisotopic (exact) mass is 263 g/mol. The lowest BCUT2D eigenvalue weighted by Gasteiger charge is -2.26. The Labute approximate surface area is 111 Å². The second-order valence-electron chi connectivity index (χ2n) is 4.21. The van der Waals surface area contributed by atoms with E-state index in [0.29, 0.717) is 5.75 Å². The fourth-order valence-corrected chi connectivity index (χ4v) is 2.74. The molecule has 1 atom stereocenters. The Kier molecular flexibility index (Phi) is 4.06. The van der Waals surface area contributed by atoms with Crippen molar-refractivity contribution in [3.8, 4) is 0 Å². The fourth-order valence-electron chi connectivity index (χ4n) is 1.68. The molecule has 0 saturated heterocycles. The summed E-state index contributed by atoms with van der Waals surface area (Å²) in [5, 5.41) is 11.5. The minimum Gasteiger partial charge on any atom is -0.383 e. The van der Waals surface area contributed by atoms with Crippen molar-refractivity contribution in [2.24, 2.45) is 12.8 Å². The minimum atomic E-state index is -1.02. The van der Waals surface area contributed by atoms with Gasteiger partial charge in [0.25, 0.3) is 0 Å². The Hall–Kier alpha value is -1.30. The molecule has 0 spiro atoms. The number of aromatic nitrogens is 2. The summed E-state index contributed by atoms with van der Waals surface area (Å²) < 4.78 is 1.92. The molecule has 0 aliphatic heterocycles. The van der Waals surface area contributed by atoms with E-state index in [0.717, 1.165) is 10.7 Å². The average Bonchev–Trinajstić information content (AvgIpc) is 2.83. The molecule has 1 heterocycles. The summed E-state index contributed by atoms with van der Waals surface area (Å²) in [6, 6.07) is 9.52. The van der Waals surface area contributed by atoms with Gasteiger partial charge in [-0.25, -0.2) is 4.98 Å². The Morgan fingerprint density at radius 3 is 2.67 bits per heavy atom. The van der Waals surface area contributed by atoms with Crippen molar-refractivity contribution in [1.29, 1.82) is 0 Å². The lowest BCUT2D eigenvalue weighted by molar-refractivity contribution is 0.0720. The highest BCUT2D eigenvalue weighted by Crippen LogP contribution is 2.27. The fraction of sp³-hybridized carbons (Fsp3) is 0.308. The first-order valence-corrected chi connectivity index (χ1v) is 6.72. The molecule has 2 aromatic rings. The van der Waals surface area contributed by atoms with Crippen LogP contribution in [0.1, 0.15) is 5.56 Å². The first-order chi connectivity index (χ1) is 8.65. The largest absolute Gasteiger partial charge is 0.383 e. The van der Waals surface area contributed by atoms with Crippen LogP contribution in [0.2, 0.25) is 0 Å². The molecule has 5 heteroatoms. The molecule has 2 rings (SSSR count). The number of hydrogen-bond acceptors (Lipinski definition) is 4. The van der Waals surface area contributed by atoms with E-state index in [2.05, 4.69) is 4.98 Å². The third-order valence-electron chi connectivity index (χ3n) is 2.87. The summed E-state index contributed by atoms with van der Waals surface area (Å²) in [7, 11) is 1.93. The number of benzene rings is 1. The van der Waals surface area contributed by atoms with Crippen molar-refractivity contribution in [2.75, 3.05) is 12.3 Å². The number of aliphatic hydroxyl groups is 1. The number of nitrogens with two attached hydrogens (primary N) is 1. The molecule has 18 heavy (non-hydrogen) atoms. The van der Waals surface area contributed by atoms with Gasteiger partial charge in [0, 0.05) is 31.7 Å². The number of hydrogen-bond donors (Lipinski definition) is 2. The van der Waals surface area contributed by atoms with E-state index >= 15 is 0 Å². The van der Waals surface area contributed by atoms with Crippen molar-refractivity contribution in [3.05, 3.63) is 48.3 Å². The predicted molar refractivity (Wildman–Crippen MR) is 73.3 cm³/mol. The summed E-state index contributed by atoms with van der Waals surface area (Å²) in [5.41, 5.74) is 5.55. The van der Waals surface area contributed by atoms with E-state index in [9.17, 15) is 5.11 Å². The molecule has 3 N–H and O–H groups in total. The van der Waals surface area contributed by atoms with Gasteiger partial charge in [0.2, 0.25) is 0 Å². The molecule has 1 unspecified atom stereocenters. The van der Waals surface area contributed by atoms with E-state index in [4.69, 9.17) is 5.73 Å². The van der Waals surface area contributed by atoms with Crippen LogP contribution in [-0.4, -0.2) is 27.0 Å². The number of nitrogens with zero attached hydrogens (tertiary/aromatic N) is 2. The average molecular weight is 263 g/mol. The maximum Gasteiger partial charge on any atom is 0.167 e. The number of imidazole rings is 1. The van der Waals surface area contributed by atoms with Gasteiger partial charge >= 0.3 is 0 Å². The standard InChI is InChI=1S/C13H17N3OS/c1-16-8-7-15-12(16)18-10-13(17,9-14)11-5-3-2-4-6-11/h2-8,17H,9-10,14H2,1H3. The first kappa shape index (κ1) is 13.1. The highest BCUT2D eigenvalue weighted by atomic mass is 32.2. The second kappa shape index (κ2) is 5.56. The maximum atomic E-state index is 10.6. The lowest BCUT2D eigenvalue weighted by Crippen LogP contribution is -2.37. The van der Waals surface area contributed by atoms with E-state index in [-0.39, 0.29) is 6.54 Å². The van der Waals surface area contributed by atoms with Crippen molar-refractivity contribution < 1.29 is 5.11 Å². The zero-order chi connectivity index (χ0) is 13.0. The Morgan fingerprint density at radius 1 is 1.39 bits per heavy atom. The second-order valence-corrected chi connectivity index (χ2v) is 5.15. The van der Waals surface area contributed by atoms with Gasteiger partial charge in [-0.15, -0.1) is 0 Å². The first-order valence-electron chi connectivity index (χ1n) is 5.74. The molecule has 1 aromatic carbocycles. The van der Waals surface area contributed by atoms with Gasteiger partial charge in [0.05, 0.1) is 0 Å². The van der Waals surface area contributed by atoms with Gasteiger partial charge < -0.3 is 15.4 Å². The molecular formula is C13H17N3OS. The van der Waals surface area contributed by atoms with Crippen LogP contribution >= 0.6 is 11.8 Å². The van der Waals surface area contributed by atoms with Crippen LogP contribution in [0, 0.1) is 0 Å². The summed E-state index contributed by atoms with van der Waals surface area (Å²) in [4.78, 5) is 4.22. The van der Waals surface area contributed by atoms with Crippen LogP contribution in [0.25, 0.3) is 0 Å². The third kappa shape index (κ3) is 2.75. The summed E-state index contributed by atoms with van der Waals surface area (Å²) in [6.45, 7) is 0.189. The van der Waals surface area contributed by atoms with Gasteiger partial charge in [-0.05, 0) is 5.56 Å². The number of rotatable bonds is 5. The van der Waals surface area contributed by atoms with Crippen molar-refractivity contribution in [3.63, 3.8) is 0 Å². The van der Waals surface area contributed by atoms with Crippen molar-refractivity contribution in [1.82, 2.24) is 9.55 Å². The maximum absolute atomic E-state index is 10.6. The normalized spacial score (nSPS) is 14.4. The van der Waals surface area contributed by atoms with Gasteiger partial charge in [0.1, 0.15) is 5.60 Å². The third-order valence-corrected chi connectivity index (χ3v) is 4.14. The molecule has 4 nitrogen and oxygen atoms in total. The molecule has 1 aromatic heterocycles. The minimum absolute atomic E-state index is 0.189. The van der Waals surface area contributed by atoms with Gasteiger partial charge in [0.15, 0.2) is 5.16 Å². The molecule has 0 amide bonds. The molecular weight excluding hydrogens is 246 g/mol. The molecule has 96 valence electrons. The topological polar surface area (TPSA) is 64.1 Å². The summed E-state index contributed by atoms with van der Waals surface area (Å²) in [6.07, 6.45) is 3.62. The lowest BCUT2D eigenvalue weighted by atomic mass is 9.96. The number of thioether (sulfide) groups is 1. The van der Waals surface area contributed by atoms with Crippen LogP contribution in [0.15, 0.2) is 47.9 Å². The van der Waals surface area contributed by atoms with Crippen LogP contribution in [-0.2, 0) is 12.6 Å². The summed E-state index contributed by atoms with van der Waals surface area (Å²) in [5.74, 6) is 0.484. The molecule has 0 saturated carbocycles. The zero-order valence-corrected chi connectivity index (χ0v) is 11.1. The SMILES string of the molecule is Cn1ccnc1SCC(O)(CN)c1ccccc1. The van der Waals surface area contributed by atoms with Crippen molar-refractivity contribution >= 4 is 11.8 Å². The van der Waals surface area contributed by atoms with E-state index in [1.807, 2.05) is 48.1 Å². The molecule has 0 aliphatic carbocycles. The molecule has 0 bridgehead atoms. The molecule has 0 fully saturated rings. The quantitative estimate of drug-likeness (QED) is 0.800. The van der Waals surface area contributed by atoms with Gasteiger partial charge in [-0.3, -0.25) is 0 Å². The van der Waals surface area contributed by atoms with E-state index in [1.165, 1.54) is 11.8 Å². The van der Waals surface area contributed by atoms with Crippen LogP contribution in [0.3, 0.4) is 0 Å². The van der Waals surface area contributed by atoms with E-state index in [1.54, 1.807) is 6.20 Å². The highest BCUT2D eigenvalue weighted by Gasteiger charge is 2.28. The highest BCUT2D eigenvalue weighted by molar-refractivity contribution is 7.99. The smallest absolute Gasteiger partial charge is 0.167 e. The van der Waals surface area contributed by atoms with Crippen molar-refractivity contribution in [2.45, 2.75) is 10.8 Å². The Morgan fingerprint density at radius 2 is 2.11 bits per heavy atom. The zero-order valence-electron chi connectivity index (χ0n) is 10.3. The summed E-state index contributed by atoms with van der Waals surface area (Å²) >= 11 is 1.50. The van der Waals surface area contributed by atoms with Crippen LogP contribution < -0.4 is 5.73 Å². The Balaban J connectivity index is 2.12. The Bertz CT molecular complexity index is 500. The molecule has 0 aliphatic rings. The van der Waals surface area contributed by atoms with Gasteiger partial charge in [-0.1, -0.05) is 42.1 Å². The van der Waals surface area contributed by atoms with Crippen LogP contribution in [0.5, 0.6) is 0 Å². The van der Waals surface area contributed by atoms with Gasteiger partial charge in [-0.2, -0.15) is 0 Å². The molecule has 0 radical (unpaired) electrons.